The van der Waals surface area contributed by atoms with Crippen LogP contribution in [0.25, 0.3) is 0 Å². The average Bonchev–Trinajstić information content (AvgIpc) is 2.47. The van der Waals surface area contributed by atoms with Gasteiger partial charge in [-0.15, -0.1) is 11.8 Å². The molecule has 1 N–H and O–H groups in total. The van der Waals surface area contributed by atoms with Gasteiger partial charge in [0.25, 0.3) is 5.91 Å². The number of aromatic hydroxyl groups is 1. The third-order valence-corrected chi connectivity index (χ3v) is 4.92. The minimum atomic E-state index is -0.580. The Bertz CT molecular complexity index is 563. The summed E-state index contributed by atoms with van der Waals surface area (Å²) in [5, 5.41) is 18.8. The zero-order valence-electron chi connectivity index (χ0n) is 11.1. The van der Waals surface area contributed by atoms with Crippen LogP contribution < -0.4 is 0 Å². The number of likely N-dealkylation sites (tertiary alicyclic amines) is 1. The van der Waals surface area contributed by atoms with Crippen molar-refractivity contribution in [2.75, 3.05) is 19.3 Å². The highest BCUT2D eigenvalue weighted by molar-refractivity contribution is 8.00. The van der Waals surface area contributed by atoms with Crippen LogP contribution in [0.2, 0.25) is 0 Å². The smallest absolute Gasteiger partial charge is 0.257 e. The number of halogens is 1. The molecule has 0 unspecified atom stereocenters. The van der Waals surface area contributed by atoms with Crippen molar-refractivity contribution in [3.63, 3.8) is 0 Å². The van der Waals surface area contributed by atoms with Crippen molar-refractivity contribution < 1.29 is 14.3 Å². The van der Waals surface area contributed by atoms with E-state index in [1.54, 1.807) is 4.90 Å². The van der Waals surface area contributed by atoms with Crippen molar-refractivity contribution >= 4 is 17.7 Å². The third-order valence-electron chi connectivity index (χ3n) is 3.64. The van der Waals surface area contributed by atoms with Crippen LogP contribution in [0.3, 0.4) is 0 Å². The van der Waals surface area contributed by atoms with Gasteiger partial charge in [-0.25, -0.2) is 4.39 Å². The summed E-state index contributed by atoms with van der Waals surface area (Å²) >= 11 is 1.51. The van der Waals surface area contributed by atoms with Gasteiger partial charge in [-0.1, -0.05) is 0 Å². The molecule has 1 aromatic rings. The summed E-state index contributed by atoms with van der Waals surface area (Å²) in [6.07, 6.45) is 3.09. The van der Waals surface area contributed by atoms with E-state index in [4.69, 9.17) is 0 Å². The van der Waals surface area contributed by atoms with Crippen LogP contribution >= 0.6 is 11.8 Å². The minimum Gasteiger partial charge on any atom is -0.507 e. The fraction of sp³-hybridized carbons (Fsp3) is 0.429. The van der Waals surface area contributed by atoms with E-state index in [2.05, 4.69) is 6.07 Å². The molecule has 106 valence electrons. The van der Waals surface area contributed by atoms with Gasteiger partial charge in [-0.3, -0.25) is 4.79 Å². The van der Waals surface area contributed by atoms with Crippen LogP contribution in [-0.4, -0.2) is 40.0 Å². The molecule has 0 aliphatic carbocycles. The predicted octanol–water partition coefficient (Wildman–Crippen LogP) is 2.39. The Hall–Kier alpha value is -1.74. The molecule has 6 heteroatoms. The Morgan fingerprint density at radius 1 is 1.50 bits per heavy atom. The molecule has 1 aromatic carbocycles. The van der Waals surface area contributed by atoms with Crippen molar-refractivity contribution in [3.8, 4) is 11.8 Å². The number of nitrogens with zero attached hydrogens (tertiary/aromatic N) is 2. The SMILES string of the molecule is CSC1(C#N)CCN(C(=O)c2ccc(F)cc2O)CC1. The van der Waals surface area contributed by atoms with Gasteiger partial charge in [0.1, 0.15) is 16.3 Å². The molecule has 1 fully saturated rings. The minimum absolute atomic E-state index is 0.0972. The first kappa shape index (κ1) is 14.7. The quantitative estimate of drug-likeness (QED) is 0.909. The highest BCUT2D eigenvalue weighted by Gasteiger charge is 2.36. The van der Waals surface area contributed by atoms with Gasteiger partial charge in [-0.05, 0) is 31.2 Å². The summed E-state index contributed by atoms with van der Waals surface area (Å²) in [7, 11) is 0. The van der Waals surface area contributed by atoms with Crippen molar-refractivity contribution in [2.45, 2.75) is 17.6 Å². The number of phenols is 1. The third kappa shape index (κ3) is 2.73. The Kier molecular flexibility index (Phi) is 4.19. The summed E-state index contributed by atoms with van der Waals surface area (Å²) in [6.45, 7) is 0.925. The normalized spacial score (nSPS) is 17.6. The second-order valence-corrected chi connectivity index (χ2v) is 5.95. The van der Waals surface area contributed by atoms with E-state index < -0.39 is 10.6 Å². The molecule has 1 heterocycles. The molecule has 0 atom stereocenters. The molecule has 1 saturated heterocycles. The number of rotatable bonds is 2. The van der Waals surface area contributed by atoms with Gasteiger partial charge in [-0.2, -0.15) is 5.26 Å². The lowest BCUT2D eigenvalue weighted by Crippen LogP contribution is -2.44. The highest BCUT2D eigenvalue weighted by atomic mass is 32.2. The van der Waals surface area contributed by atoms with Crippen LogP contribution in [0.1, 0.15) is 23.2 Å². The lowest BCUT2D eigenvalue weighted by Gasteiger charge is -2.36. The number of nitriles is 1. The molecule has 1 aliphatic heterocycles. The molecule has 0 aromatic heterocycles. The first-order chi connectivity index (χ1) is 9.51. The van der Waals surface area contributed by atoms with Crippen molar-refractivity contribution in [3.05, 3.63) is 29.6 Å². The maximum Gasteiger partial charge on any atom is 0.257 e. The van der Waals surface area contributed by atoms with Crippen LogP contribution in [-0.2, 0) is 0 Å². The van der Waals surface area contributed by atoms with Gasteiger partial charge < -0.3 is 10.0 Å². The lowest BCUT2D eigenvalue weighted by molar-refractivity contribution is 0.0713. The van der Waals surface area contributed by atoms with Crippen LogP contribution in [0.15, 0.2) is 18.2 Å². The monoisotopic (exact) mass is 294 g/mol. The number of hydrogen-bond acceptors (Lipinski definition) is 4. The molecule has 4 nitrogen and oxygen atoms in total. The van der Waals surface area contributed by atoms with E-state index in [1.165, 1.54) is 17.8 Å². The Morgan fingerprint density at radius 2 is 2.15 bits per heavy atom. The Labute approximate surface area is 121 Å². The van der Waals surface area contributed by atoms with Gasteiger partial charge in [0, 0.05) is 19.2 Å². The maximum atomic E-state index is 12.9. The molecule has 0 radical (unpaired) electrons. The molecule has 1 aliphatic rings. The van der Waals surface area contributed by atoms with E-state index >= 15 is 0 Å². The first-order valence-corrected chi connectivity index (χ1v) is 7.48. The number of amides is 1. The van der Waals surface area contributed by atoms with Crippen LogP contribution in [0.4, 0.5) is 4.39 Å². The Balaban J connectivity index is 2.11. The van der Waals surface area contributed by atoms with Crippen molar-refractivity contribution in [1.82, 2.24) is 4.90 Å². The summed E-state index contributed by atoms with van der Waals surface area (Å²) < 4.78 is 12.5. The van der Waals surface area contributed by atoms with Gasteiger partial charge in [0.15, 0.2) is 0 Å². The number of hydrogen-bond donors (Lipinski definition) is 1. The molecule has 2 rings (SSSR count). The first-order valence-electron chi connectivity index (χ1n) is 6.25. The standard InChI is InChI=1S/C14H15FN2O2S/c1-20-14(9-16)4-6-17(7-5-14)13(19)11-3-2-10(15)8-12(11)18/h2-3,8,18H,4-7H2,1H3. The maximum absolute atomic E-state index is 12.9. The number of carbonyl (C=O) groups excluding carboxylic acids is 1. The number of benzene rings is 1. The Morgan fingerprint density at radius 3 is 2.65 bits per heavy atom. The summed E-state index contributed by atoms with van der Waals surface area (Å²) in [5.74, 6) is -1.25. The van der Waals surface area contributed by atoms with Gasteiger partial charge >= 0.3 is 0 Å². The summed E-state index contributed by atoms with van der Waals surface area (Å²) in [6, 6.07) is 5.68. The largest absolute Gasteiger partial charge is 0.507 e. The molecule has 0 saturated carbocycles. The molecule has 20 heavy (non-hydrogen) atoms. The number of piperidine rings is 1. The van der Waals surface area contributed by atoms with Gasteiger partial charge in [0.2, 0.25) is 0 Å². The second-order valence-electron chi connectivity index (χ2n) is 4.76. The zero-order chi connectivity index (χ0) is 14.8. The summed E-state index contributed by atoms with van der Waals surface area (Å²) in [4.78, 5) is 13.9. The van der Waals surface area contributed by atoms with Crippen molar-refractivity contribution in [1.29, 1.82) is 5.26 Å². The lowest BCUT2D eigenvalue weighted by atomic mass is 9.96. The van der Waals surface area contributed by atoms with Crippen LogP contribution in [0.5, 0.6) is 5.75 Å². The highest BCUT2D eigenvalue weighted by Crippen LogP contribution is 2.34. The van der Waals surface area contributed by atoms with E-state index in [0.29, 0.717) is 25.9 Å². The molecular weight excluding hydrogens is 279 g/mol. The van der Waals surface area contributed by atoms with E-state index in [1.807, 2.05) is 6.26 Å². The fourth-order valence-corrected chi connectivity index (χ4v) is 2.97. The number of carbonyl (C=O) groups is 1. The molecule has 0 spiro atoms. The van der Waals surface area contributed by atoms with E-state index in [-0.39, 0.29) is 17.2 Å². The molecule has 1 amide bonds. The van der Waals surface area contributed by atoms with E-state index in [0.717, 1.165) is 12.1 Å². The second kappa shape index (κ2) is 5.71. The average molecular weight is 294 g/mol. The van der Waals surface area contributed by atoms with Crippen molar-refractivity contribution in [2.24, 2.45) is 0 Å². The molecular formula is C14H15FN2O2S. The van der Waals surface area contributed by atoms with Crippen LogP contribution in [0, 0.1) is 17.1 Å². The molecule has 0 bridgehead atoms. The number of phenolic OH excluding ortho intramolecular Hbond substituents is 1. The fourth-order valence-electron chi connectivity index (χ4n) is 2.29. The number of thioether (sulfide) groups is 1. The topological polar surface area (TPSA) is 64.3 Å². The zero-order valence-corrected chi connectivity index (χ0v) is 11.9. The van der Waals surface area contributed by atoms with Gasteiger partial charge in [0.05, 0.1) is 11.6 Å². The summed E-state index contributed by atoms with van der Waals surface area (Å²) in [5.41, 5.74) is 0.0972. The predicted molar refractivity (Wildman–Crippen MR) is 75.1 cm³/mol. The van der Waals surface area contributed by atoms with E-state index in [9.17, 15) is 19.6 Å².